The molecule has 2 atom stereocenters. The smallest absolute Gasteiger partial charge is 0.130 e. The van der Waals surface area contributed by atoms with Gasteiger partial charge >= 0.3 is 0 Å². The third kappa shape index (κ3) is 5.20. The van der Waals surface area contributed by atoms with Gasteiger partial charge in [-0.1, -0.05) is 121 Å². The predicted octanol–water partition coefficient (Wildman–Crippen LogP) is 8.56. The van der Waals surface area contributed by atoms with E-state index in [0.29, 0.717) is 0 Å². The maximum atomic E-state index is 6.56. The van der Waals surface area contributed by atoms with Crippen LogP contribution in [0.15, 0.2) is 155 Å². The van der Waals surface area contributed by atoms with Crippen LogP contribution in [0.25, 0.3) is 22.6 Å². The molecule has 4 aliphatic carbocycles. The summed E-state index contributed by atoms with van der Waals surface area (Å²) in [5.74, 6) is 2.18. The number of ether oxygens (including phenoxy) is 1. The Morgan fingerprint density at radius 1 is 0.660 bits per heavy atom. The molecule has 2 aliphatic heterocycles. The summed E-state index contributed by atoms with van der Waals surface area (Å²) in [7, 11) is 0. The summed E-state index contributed by atoms with van der Waals surface area (Å²) in [6, 6.07) is 28.1. The molecular weight excluding hydrogens is 572 g/mol. The molecule has 0 bridgehead atoms. The first-order valence-corrected chi connectivity index (χ1v) is 17.2. The van der Waals surface area contributed by atoms with Crippen LogP contribution in [0.5, 0.6) is 0 Å². The van der Waals surface area contributed by atoms with Crippen LogP contribution in [0.2, 0.25) is 0 Å². The summed E-state index contributed by atoms with van der Waals surface area (Å²) in [4.78, 5) is 5.14. The Bertz CT molecular complexity index is 2150. The van der Waals surface area contributed by atoms with Gasteiger partial charge in [-0.3, -0.25) is 0 Å². The molecule has 3 heteroatoms. The Labute approximate surface area is 276 Å². The summed E-state index contributed by atoms with van der Waals surface area (Å²) in [6.07, 6.45) is 25.7. The number of nitrogens with one attached hydrogen (secondary N) is 1. The molecule has 2 heterocycles. The monoisotopic (exact) mass is 610 g/mol. The van der Waals surface area contributed by atoms with Crippen LogP contribution >= 0.6 is 0 Å². The van der Waals surface area contributed by atoms with E-state index in [1.807, 2.05) is 0 Å². The summed E-state index contributed by atoms with van der Waals surface area (Å²) in [5.41, 5.74) is 13.3. The molecule has 0 spiro atoms. The zero-order valence-corrected chi connectivity index (χ0v) is 26.6. The van der Waals surface area contributed by atoms with E-state index in [-0.39, 0.29) is 12.1 Å². The molecule has 9 rings (SSSR count). The number of amidine groups is 1. The molecule has 6 aliphatic rings. The Hall–Kier alpha value is -5.15. The van der Waals surface area contributed by atoms with Gasteiger partial charge in [0.25, 0.3) is 0 Å². The van der Waals surface area contributed by atoms with Crippen molar-refractivity contribution in [1.82, 2.24) is 5.32 Å². The minimum Gasteiger partial charge on any atom is -0.489 e. The number of hydrogen-bond donors (Lipinski definition) is 1. The zero-order valence-electron chi connectivity index (χ0n) is 26.6. The fourth-order valence-corrected chi connectivity index (χ4v) is 8.02. The lowest BCUT2D eigenvalue weighted by molar-refractivity contribution is 0.203. The highest BCUT2D eigenvalue weighted by Crippen LogP contribution is 2.38. The van der Waals surface area contributed by atoms with Crippen LogP contribution in [-0.2, 0) is 4.74 Å². The maximum absolute atomic E-state index is 6.56. The van der Waals surface area contributed by atoms with Crippen molar-refractivity contribution in [2.45, 2.75) is 57.1 Å². The largest absolute Gasteiger partial charge is 0.489 e. The van der Waals surface area contributed by atoms with Gasteiger partial charge in [-0.15, -0.1) is 0 Å². The first-order chi connectivity index (χ1) is 23.3. The van der Waals surface area contributed by atoms with E-state index in [1.165, 1.54) is 60.8 Å². The second-order valence-electron chi connectivity index (χ2n) is 13.2. The highest BCUT2D eigenvalue weighted by atomic mass is 16.5. The van der Waals surface area contributed by atoms with Gasteiger partial charge in [0.15, 0.2) is 0 Å². The van der Waals surface area contributed by atoms with Gasteiger partial charge in [0.05, 0.1) is 11.7 Å². The lowest BCUT2D eigenvalue weighted by Crippen LogP contribution is -2.41. The molecule has 0 aromatic heterocycles. The molecule has 1 N–H and O–H groups in total. The number of nitrogens with zero attached hydrogens (tertiary/aromatic N) is 1. The van der Waals surface area contributed by atoms with Gasteiger partial charge in [0.2, 0.25) is 0 Å². The first kappa shape index (κ1) is 28.1. The second-order valence-corrected chi connectivity index (χ2v) is 13.2. The number of rotatable bonds is 5. The van der Waals surface area contributed by atoms with Crippen molar-refractivity contribution in [2.24, 2.45) is 4.99 Å². The standard InChI is InChI=1S/C44H38N2O/c1-3-10-32(11-4-1)39-28-40(33-12-5-2-6-13-33)46-44(45-39)34-24-20-30(21-25-34)29-18-22-31(23-19-29)35-26-27-42-43-37(35)15-9-16-38(43)36-14-7-8-17-41(36)47-42/h1-16,18,20,22,24,28,39,41H,17,19,21,23,25-27H2,(H,45,46). The zero-order chi connectivity index (χ0) is 31.2. The quantitative estimate of drug-likeness (QED) is 0.314. The van der Waals surface area contributed by atoms with Gasteiger partial charge in [0.1, 0.15) is 17.7 Å². The predicted molar refractivity (Wildman–Crippen MR) is 193 cm³/mol. The molecule has 3 nitrogen and oxygen atoms in total. The van der Waals surface area contributed by atoms with Crippen molar-refractivity contribution in [1.29, 1.82) is 0 Å². The van der Waals surface area contributed by atoms with Crippen molar-refractivity contribution < 1.29 is 4.74 Å². The molecule has 2 unspecified atom stereocenters. The van der Waals surface area contributed by atoms with Gasteiger partial charge in [-0.05, 0) is 88.0 Å². The molecule has 0 amide bonds. The Morgan fingerprint density at radius 3 is 2.15 bits per heavy atom. The molecule has 0 saturated carbocycles. The van der Waals surface area contributed by atoms with Crippen LogP contribution in [-0.4, -0.2) is 11.9 Å². The Morgan fingerprint density at radius 2 is 1.38 bits per heavy atom. The average molecular weight is 611 g/mol. The topological polar surface area (TPSA) is 33.6 Å². The van der Waals surface area contributed by atoms with Gasteiger partial charge in [0, 0.05) is 23.6 Å². The fraction of sp³-hybridized carbons (Fsp3) is 0.205. The third-order valence-electron chi connectivity index (χ3n) is 10.5. The maximum Gasteiger partial charge on any atom is 0.130 e. The number of benzene rings is 3. The molecule has 0 fully saturated rings. The molecule has 0 saturated heterocycles. The van der Waals surface area contributed by atoms with Gasteiger partial charge < -0.3 is 10.1 Å². The van der Waals surface area contributed by atoms with Crippen molar-refractivity contribution in [3.63, 3.8) is 0 Å². The number of aliphatic imine (C=N–C) groups is 1. The number of allylic oxidation sites excluding steroid dienone is 9. The van der Waals surface area contributed by atoms with Crippen molar-refractivity contribution in [3.8, 4) is 0 Å². The fourth-order valence-electron chi connectivity index (χ4n) is 8.02. The second kappa shape index (κ2) is 11.9. The summed E-state index contributed by atoms with van der Waals surface area (Å²) in [5, 5.41) is 6.47. The van der Waals surface area contributed by atoms with Crippen LogP contribution in [0, 0.1) is 0 Å². The summed E-state index contributed by atoms with van der Waals surface area (Å²) >= 11 is 0. The van der Waals surface area contributed by atoms with E-state index in [1.54, 1.807) is 0 Å². The lowest BCUT2D eigenvalue weighted by Gasteiger charge is -2.32. The van der Waals surface area contributed by atoms with E-state index >= 15 is 0 Å². The summed E-state index contributed by atoms with van der Waals surface area (Å²) in [6.45, 7) is 0. The lowest BCUT2D eigenvalue weighted by atomic mass is 9.81. The van der Waals surface area contributed by atoms with Crippen molar-refractivity contribution in [2.75, 3.05) is 0 Å². The Balaban J connectivity index is 1.00. The third-order valence-corrected chi connectivity index (χ3v) is 10.5. The van der Waals surface area contributed by atoms with Crippen molar-refractivity contribution in [3.05, 3.63) is 177 Å². The number of fused-ring (bicyclic) bond motifs is 2. The highest BCUT2D eigenvalue weighted by molar-refractivity contribution is 6.03. The van der Waals surface area contributed by atoms with E-state index < -0.39 is 0 Å². The van der Waals surface area contributed by atoms with Crippen LogP contribution in [0.1, 0.15) is 67.7 Å². The van der Waals surface area contributed by atoms with E-state index in [0.717, 1.165) is 62.0 Å². The molecule has 3 aromatic carbocycles. The number of hydrogen-bond acceptors (Lipinski definition) is 3. The highest BCUT2D eigenvalue weighted by Gasteiger charge is 2.29. The van der Waals surface area contributed by atoms with Gasteiger partial charge in [-0.25, -0.2) is 4.99 Å². The minimum absolute atomic E-state index is 0.0835. The van der Waals surface area contributed by atoms with E-state index in [9.17, 15) is 0 Å². The Kier molecular flexibility index (Phi) is 7.11. The molecule has 47 heavy (non-hydrogen) atoms. The van der Waals surface area contributed by atoms with Crippen LogP contribution in [0.4, 0.5) is 0 Å². The van der Waals surface area contributed by atoms with Crippen molar-refractivity contribution >= 4 is 28.4 Å². The first-order valence-electron chi connectivity index (χ1n) is 17.2. The average Bonchev–Trinajstić information content (AvgIpc) is 3.16. The van der Waals surface area contributed by atoms with E-state index in [4.69, 9.17) is 9.73 Å². The van der Waals surface area contributed by atoms with Gasteiger partial charge in [-0.2, -0.15) is 0 Å². The molecule has 3 aromatic rings. The molecular formula is C44H38N2O. The minimum atomic E-state index is 0.0835. The van der Waals surface area contributed by atoms with Crippen LogP contribution < -0.4 is 15.8 Å². The van der Waals surface area contributed by atoms with E-state index in [2.05, 4.69) is 133 Å². The normalized spacial score (nSPS) is 22.9. The SMILES string of the molecule is C1=CCC2OC3=c4c(cccc4=C(C4=CC=C(C5=CC=C(C6=NC(c7ccccc7)=CC(c7ccccc7)N6)CC5)CC4)CC3)C2=C1. The molecule has 230 valence electrons. The van der Waals surface area contributed by atoms with Crippen LogP contribution in [0.3, 0.4) is 0 Å². The molecule has 0 radical (unpaired) electrons. The summed E-state index contributed by atoms with van der Waals surface area (Å²) < 4.78 is 6.56.